The van der Waals surface area contributed by atoms with E-state index in [-0.39, 0.29) is 12.3 Å². The highest BCUT2D eigenvalue weighted by Crippen LogP contribution is 2.36. The monoisotopic (exact) mass is 553 g/mol. The Kier molecular flexibility index (Phi) is 9.88. The van der Waals surface area contributed by atoms with Gasteiger partial charge in [0.05, 0.1) is 31.3 Å². The number of hydrogen-bond donors (Lipinski definition) is 2. The molecule has 0 saturated heterocycles. The van der Waals surface area contributed by atoms with Crippen LogP contribution in [0.15, 0.2) is 76.3 Å². The van der Waals surface area contributed by atoms with E-state index in [4.69, 9.17) is 14.2 Å². The first-order valence-electron chi connectivity index (χ1n) is 11.2. The summed E-state index contributed by atoms with van der Waals surface area (Å²) < 4.78 is 17.2. The number of benzene rings is 3. The maximum atomic E-state index is 12.4. The van der Waals surface area contributed by atoms with Gasteiger partial charge in [-0.15, -0.1) is 0 Å². The minimum Gasteiger partial charge on any atom is -0.497 e. The summed E-state index contributed by atoms with van der Waals surface area (Å²) in [4.78, 5) is 24.6. The van der Waals surface area contributed by atoms with Crippen molar-refractivity contribution in [3.05, 3.63) is 87.9 Å². The second-order valence-corrected chi connectivity index (χ2v) is 8.71. The number of nitrogens with one attached hydrogen (secondary N) is 2. The van der Waals surface area contributed by atoms with Gasteiger partial charge in [-0.05, 0) is 63.8 Å². The molecule has 0 bridgehead atoms. The highest BCUT2D eigenvalue weighted by Gasteiger charge is 2.16. The highest BCUT2D eigenvalue weighted by atomic mass is 79.9. The fourth-order valence-electron chi connectivity index (χ4n) is 3.24. The van der Waals surface area contributed by atoms with Crippen molar-refractivity contribution in [3.8, 4) is 17.2 Å². The number of rotatable bonds is 11. The summed E-state index contributed by atoms with van der Waals surface area (Å²) in [6, 6.07) is 19.8. The van der Waals surface area contributed by atoms with Crippen molar-refractivity contribution in [2.75, 3.05) is 14.2 Å². The lowest BCUT2D eigenvalue weighted by molar-refractivity contribution is -0.128. The molecule has 188 valence electrons. The van der Waals surface area contributed by atoms with Crippen LogP contribution in [-0.2, 0) is 22.6 Å². The van der Waals surface area contributed by atoms with Gasteiger partial charge in [-0.1, -0.05) is 42.5 Å². The van der Waals surface area contributed by atoms with Crippen LogP contribution in [0.4, 0.5) is 0 Å². The SMILES string of the molecule is COc1ccc(CC(=O)NC(C)C(=O)NN=Cc2cc(Br)c(OCc3ccccc3)c(OC)c2)cc1. The first-order valence-corrected chi connectivity index (χ1v) is 12.0. The van der Waals surface area contributed by atoms with Crippen LogP contribution in [-0.4, -0.2) is 38.3 Å². The van der Waals surface area contributed by atoms with Gasteiger partial charge in [0.15, 0.2) is 11.5 Å². The summed E-state index contributed by atoms with van der Waals surface area (Å²) in [5.41, 5.74) is 4.97. The number of carbonyl (C=O) groups excluding carboxylic acids is 2. The van der Waals surface area contributed by atoms with E-state index in [1.807, 2.05) is 30.3 Å². The zero-order valence-corrected chi connectivity index (χ0v) is 21.9. The van der Waals surface area contributed by atoms with Crippen molar-refractivity contribution in [3.63, 3.8) is 0 Å². The standard InChI is InChI=1S/C27H28BrN3O5/c1-18(30-25(32)15-19-9-11-22(34-2)12-10-19)27(33)31-29-16-21-13-23(28)26(24(14-21)35-3)36-17-20-7-5-4-6-8-20/h4-14,16,18H,15,17H2,1-3H3,(H,30,32)(H,31,33). The van der Waals surface area contributed by atoms with Crippen LogP contribution < -0.4 is 25.0 Å². The molecule has 1 unspecified atom stereocenters. The van der Waals surface area contributed by atoms with Crippen molar-refractivity contribution in [2.24, 2.45) is 5.10 Å². The molecule has 0 aliphatic heterocycles. The van der Waals surface area contributed by atoms with Gasteiger partial charge in [0.25, 0.3) is 5.91 Å². The first kappa shape index (κ1) is 26.7. The Morgan fingerprint density at radius 3 is 2.39 bits per heavy atom. The van der Waals surface area contributed by atoms with E-state index in [1.165, 1.54) is 6.21 Å². The number of halogens is 1. The molecule has 2 N–H and O–H groups in total. The number of amides is 2. The molecule has 0 spiro atoms. The maximum absolute atomic E-state index is 12.4. The molecule has 0 aliphatic rings. The van der Waals surface area contributed by atoms with Crippen LogP contribution in [0.25, 0.3) is 0 Å². The molecule has 1 atom stereocenters. The average molecular weight is 554 g/mol. The second kappa shape index (κ2) is 13.3. The molecule has 3 rings (SSSR count). The normalized spacial score (nSPS) is 11.6. The third kappa shape index (κ3) is 7.84. The maximum Gasteiger partial charge on any atom is 0.262 e. The molecule has 0 fully saturated rings. The van der Waals surface area contributed by atoms with Gasteiger partial charge in [0, 0.05) is 0 Å². The summed E-state index contributed by atoms with van der Waals surface area (Å²) >= 11 is 3.51. The van der Waals surface area contributed by atoms with Gasteiger partial charge < -0.3 is 19.5 Å². The van der Waals surface area contributed by atoms with Crippen LogP contribution in [0, 0.1) is 0 Å². The minimum absolute atomic E-state index is 0.150. The summed E-state index contributed by atoms with van der Waals surface area (Å²) in [6.45, 7) is 1.98. The smallest absolute Gasteiger partial charge is 0.262 e. The lowest BCUT2D eigenvalue weighted by Gasteiger charge is -2.14. The van der Waals surface area contributed by atoms with E-state index in [0.29, 0.717) is 33.9 Å². The van der Waals surface area contributed by atoms with Gasteiger partial charge in [-0.25, -0.2) is 5.43 Å². The molecule has 36 heavy (non-hydrogen) atoms. The van der Waals surface area contributed by atoms with Gasteiger partial charge in [-0.2, -0.15) is 5.10 Å². The number of carbonyl (C=O) groups is 2. The Hall–Kier alpha value is -3.85. The fourth-order valence-corrected chi connectivity index (χ4v) is 3.81. The lowest BCUT2D eigenvalue weighted by atomic mass is 10.1. The molecule has 9 heteroatoms. The zero-order chi connectivity index (χ0) is 25.9. The summed E-state index contributed by atoms with van der Waals surface area (Å²) in [5.74, 6) is 1.08. The largest absolute Gasteiger partial charge is 0.497 e. The Balaban J connectivity index is 1.53. The Bertz CT molecular complexity index is 1200. The van der Waals surface area contributed by atoms with Crippen molar-refractivity contribution in [1.82, 2.24) is 10.7 Å². The quantitative estimate of drug-likeness (QED) is 0.273. The van der Waals surface area contributed by atoms with Gasteiger partial charge >= 0.3 is 0 Å². The third-order valence-corrected chi connectivity index (χ3v) is 5.75. The average Bonchev–Trinajstić information content (AvgIpc) is 2.88. The fraction of sp³-hybridized carbons (Fsp3) is 0.222. The highest BCUT2D eigenvalue weighted by molar-refractivity contribution is 9.10. The predicted molar refractivity (Wildman–Crippen MR) is 142 cm³/mol. The van der Waals surface area contributed by atoms with E-state index in [2.05, 4.69) is 31.8 Å². The second-order valence-electron chi connectivity index (χ2n) is 7.86. The first-order chi connectivity index (χ1) is 17.4. The number of nitrogens with zero attached hydrogens (tertiary/aromatic N) is 1. The summed E-state index contributed by atoms with van der Waals surface area (Å²) in [5, 5.41) is 6.67. The number of methoxy groups -OCH3 is 2. The molecule has 0 aliphatic carbocycles. The third-order valence-electron chi connectivity index (χ3n) is 5.16. The molecular weight excluding hydrogens is 526 g/mol. The van der Waals surface area contributed by atoms with E-state index < -0.39 is 11.9 Å². The van der Waals surface area contributed by atoms with Crippen molar-refractivity contribution in [1.29, 1.82) is 0 Å². The molecule has 8 nitrogen and oxygen atoms in total. The number of hydrogen-bond acceptors (Lipinski definition) is 6. The van der Waals surface area contributed by atoms with Gasteiger partial charge in [-0.3, -0.25) is 9.59 Å². The molecule has 0 saturated carbocycles. The lowest BCUT2D eigenvalue weighted by Crippen LogP contribution is -2.43. The molecular formula is C27H28BrN3O5. The molecule has 2 amide bonds. The van der Waals surface area contributed by atoms with Crippen LogP contribution in [0.5, 0.6) is 17.2 Å². The topological polar surface area (TPSA) is 98.2 Å². The van der Waals surface area contributed by atoms with E-state index in [0.717, 1.165) is 11.1 Å². The van der Waals surface area contributed by atoms with E-state index in [9.17, 15) is 9.59 Å². The Labute approximate surface area is 218 Å². The summed E-state index contributed by atoms with van der Waals surface area (Å²) in [7, 11) is 3.13. The van der Waals surface area contributed by atoms with Crippen molar-refractivity contribution >= 4 is 34.0 Å². The molecule has 0 aromatic heterocycles. The number of ether oxygens (including phenoxy) is 3. The van der Waals surface area contributed by atoms with E-state index in [1.54, 1.807) is 57.5 Å². The minimum atomic E-state index is -0.761. The zero-order valence-electron chi connectivity index (χ0n) is 20.3. The van der Waals surface area contributed by atoms with Crippen molar-refractivity contribution < 1.29 is 23.8 Å². The molecule has 0 heterocycles. The van der Waals surface area contributed by atoms with Gasteiger partial charge in [0.1, 0.15) is 18.4 Å². The molecule has 3 aromatic carbocycles. The van der Waals surface area contributed by atoms with Gasteiger partial charge in [0.2, 0.25) is 5.91 Å². The Morgan fingerprint density at radius 1 is 1.00 bits per heavy atom. The predicted octanol–water partition coefficient (Wildman–Crippen LogP) is 4.24. The van der Waals surface area contributed by atoms with E-state index >= 15 is 0 Å². The molecule has 0 radical (unpaired) electrons. The summed E-state index contributed by atoms with van der Waals surface area (Å²) in [6.07, 6.45) is 1.63. The number of hydrazone groups is 1. The van der Waals surface area contributed by atoms with Crippen molar-refractivity contribution in [2.45, 2.75) is 26.0 Å². The molecule has 3 aromatic rings. The van der Waals surface area contributed by atoms with Crippen LogP contribution >= 0.6 is 15.9 Å². The van der Waals surface area contributed by atoms with Crippen LogP contribution in [0.2, 0.25) is 0 Å². The Morgan fingerprint density at radius 2 is 1.72 bits per heavy atom. The van der Waals surface area contributed by atoms with Crippen LogP contribution in [0.1, 0.15) is 23.6 Å². The van der Waals surface area contributed by atoms with Crippen LogP contribution in [0.3, 0.4) is 0 Å².